The van der Waals surface area contributed by atoms with Crippen LogP contribution in [0.2, 0.25) is 0 Å². The molecular weight excluding hydrogens is 340 g/mol. The van der Waals surface area contributed by atoms with Crippen molar-refractivity contribution < 1.29 is 0 Å². The molecule has 0 atom stereocenters. The van der Waals surface area contributed by atoms with E-state index in [2.05, 4.69) is 31.4 Å². The minimum absolute atomic E-state index is 0.796. The molecule has 8 heteroatoms. The van der Waals surface area contributed by atoms with Crippen molar-refractivity contribution in [3.8, 4) is 11.3 Å². The number of anilines is 2. The van der Waals surface area contributed by atoms with Crippen LogP contribution in [-0.2, 0) is 0 Å². The maximum atomic E-state index is 4.62. The predicted molar refractivity (Wildman–Crippen MR) is 97.0 cm³/mol. The molecule has 0 aliphatic rings. The standard InChI is InChI=1S/C16H10N6S2/c1-2-10(7-17-5-1)13-8-22-16(20-13)24-15(21-22)19-11-3-4-14-12(6-11)18-9-23-14/h1-9H,(H,19,21). The fourth-order valence-electron chi connectivity index (χ4n) is 2.46. The first-order valence-electron chi connectivity index (χ1n) is 7.22. The summed E-state index contributed by atoms with van der Waals surface area (Å²) in [5.41, 5.74) is 5.67. The van der Waals surface area contributed by atoms with E-state index < -0.39 is 0 Å². The minimum Gasteiger partial charge on any atom is -0.330 e. The van der Waals surface area contributed by atoms with E-state index in [1.165, 1.54) is 16.0 Å². The molecule has 0 amide bonds. The number of fused-ring (bicyclic) bond motifs is 2. The normalized spacial score (nSPS) is 11.3. The molecule has 4 heterocycles. The first kappa shape index (κ1) is 13.6. The number of nitrogens with zero attached hydrogens (tertiary/aromatic N) is 5. The van der Waals surface area contributed by atoms with E-state index in [4.69, 9.17) is 0 Å². The van der Waals surface area contributed by atoms with E-state index in [9.17, 15) is 0 Å². The Kier molecular flexibility index (Phi) is 3.03. The zero-order valence-electron chi connectivity index (χ0n) is 12.2. The molecular formula is C16H10N6S2. The summed E-state index contributed by atoms with van der Waals surface area (Å²) in [7, 11) is 0. The topological polar surface area (TPSA) is 68.0 Å². The Hall–Kier alpha value is -2.84. The molecule has 0 saturated carbocycles. The fraction of sp³-hybridized carbons (Fsp3) is 0. The molecule has 0 saturated heterocycles. The molecule has 6 nitrogen and oxygen atoms in total. The Morgan fingerprint density at radius 2 is 2.17 bits per heavy atom. The molecule has 0 spiro atoms. The van der Waals surface area contributed by atoms with Gasteiger partial charge in [0, 0.05) is 23.6 Å². The Balaban J connectivity index is 1.46. The second kappa shape index (κ2) is 5.36. The first-order chi connectivity index (χ1) is 11.8. The Bertz CT molecular complexity index is 1110. The molecule has 116 valence electrons. The van der Waals surface area contributed by atoms with Gasteiger partial charge in [0.15, 0.2) is 0 Å². The van der Waals surface area contributed by atoms with Gasteiger partial charge in [-0.05, 0) is 30.3 Å². The lowest BCUT2D eigenvalue weighted by molar-refractivity contribution is 0.978. The van der Waals surface area contributed by atoms with Crippen molar-refractivity contribution >= 4 is 48.7 Å². The summed E-state index contributed by atoms with van der Waals surface area (Å²) in [6.07, 6.45) is 5.47. The zero-order valence-corrected chi connectivity index (χ0v) is 13.9. The van der Waals surface area contributed by atoms with Crippen LogP contribution in [-0.4, -0.2) is 24.6 Å². The number of benzene rings is 1. The van der Waals surface area contributed by atoms with Crippen molar-refractivity contribution in [3.05, 3.63) is 54.4 Å². The predicted octanol–water partition coefficient (Wildman–Crippen LogP) is 4.21. The molecule has 0 aliphatic heterocycles. The molecule has 0 radical (unpaired) electrons. The highest BCUT2D eigenvalue weighted by Crippen LogP contribution is 2.28. The van der Waals surface area contributed by atoms with Gasteiger partial charge in [0.05, 0.1) is 27.6 Å². The first-order valence-corrected chi connectivity index (χ1v) is 8.92. The second-order valence-electron chi connectivity index (χ2n) is 5.16. The number of hydrogen-bond acceptors (Lipinski definition) is 7. The second-order valence-corrected chi connectivity index (χ2v) is 7.00. The number of aromatic nitrogens is 5. The van der Waals surface area contributed by atoms with Crippen molar-refractivity contribution in [2.75, 3.05) is 5.32 Å². The highest BCUT2D eigenvalue weighted by atomic mass is 32.1. The summed E-state index contributed by atoms with van der Waals surface area (Å²) in [4.78, 5) is 13.9. The van der Waals surface area contributed by atoms with E-state index in [0.717, 1.165) is 32.6 Å². The molecule has 0 unspecified atom stereocenters. The van der Waals surface area contributed by atoms with Crippen LogP contribution in [0.4, 0.5) is 10.8 Å². The lowest BCUT2D eigenvalue weighted by Gasteiger charge is -2.01. The van der Waals surface area contributed by atoms with Gasteiger partial charge in [-0.3, -0.25) is 4.98 Å². The van der Waals surface area contributed by atoms with Gasteiger partial charge < -0.3 is 5.32 Å². The third kappa shape index (κ3) is 2.32. The number of rotatable bonds is 3. The number of thiazole rings is 1. The average molecular weight is 350 g/mol. The third-order valence-electron chi connectivity index (χ3n) is 3.58. The highest BCUT2D eigenvalue weighted by molar-refractivity contribution is 7.20. The summed E-state index contributed by atoms with van der Waals surface area (Å²) < 4.78 is 2.96. The lowest BCUT2D eigenvalue weighted by Crippen LogP contribution is -1.90. The van der Waals surface area contributed by atoms with Crippen LogP contribution in [0.5, 0.6) is 0 Å². The molecule has 1 N–H and O–H groups in total. The zero-order chi connectivity index (χ0) is 15.9. The van der Waals surface area contributed by atoms with Gasteiger partial charge in [0.25, 0.3) is 0 Å². The van der Waals surface area contributed by atoms with Crippen LogP contribution >= 0.6 is 22.7 Å². The van der Waals surface area contributed by atoms with Crippen molar-refractivity contribution in [1.29, 1.82) is 0 Å². The van der Waals surface area contributed by atoms with Gasteiger partial charge in [-0.2, -0.15) is 0 Å². The third-order valence-corrected chi connectivity index (χ3v) is 5.23. The number of hydrogen-bond donors (Lipinski definition) is 1. The fourth-order valence-corrected chi connectivity index (χ4v) is 3.92. The van der Waals surface area contributed by atoms with Gasteiger partial charge in [0.2, 0.25) is 10.1 Å². The largest absolute Gasteiger partial charge is 0.330 e. The van der Waals surface area contributed by atoms with Crippen LogP contribution in [0.15, 0.2) is 54.4 Å². The highest BCUT2D eigenvalue weighted by Gasteiger charge is 2.10. The van der Waals surface area contributed by atoms with Gasteiger partial charge in [0.1, 0.15) is 0 Å². The van der Waals surface area contributed by atoms with Gasteiger partial charge >= 0.3 is 0 Å². The Morgan fingerprint density at radius 1 is 1.17 bits per heavy atom. The van der Waals surface area contributed by atoms with Crippen LogP contribution in [0.25, 0.3) is 26.4 Å². The number of pyridine rings is 1. The molecule has 0 aliphatic carbocycles. The van der Waals surface area contributed by atoms with Crippen LogP contribution in [0.1, 0.15) is 0 Å². The van der Waals surface area contributed by atoms with Crippen molar-refractivity contribution in [1.82, 2.24) is 24.6 Å². The summed E-state index contributed by atoms with van der Waals surface area (Å²) >= 11 is 3.14. The average Bonchev–Trinajstić information content (AvgIpc) is 3.29. The van der Waals surface area contributed by atoms with E-state index in [-0.39, 0.29) is 0 Å². The Labute approximate surface area is 144 Å². The van der Waals surface area contributed by atoms with E-state index >= 15 is 0 Å². The molecule has 5 rings (SSSR count). The molecule has 0 fully saturated rings. The summed E-state index contributed by atoms with van der Waals surface area (Å²) in [6.45, 7) is 0. The van der Waals surface area contributed by atoms with E-state index in [1.807, 2.05) is 36.0 Å². The summed E-state index contributed by atoms with van der Waals surface area (Å²) in [5.74, 6) is 0. The Morgan fingerprint density at radius 3 is 3.04 bits per heavy atom. The summed E-state index contributed by atoms with van der Waals surface area (Å²) in [5, 5.41) is 8.66. The molecule has 4 aromatic heterocycles. The van der Waals surface area contributed by atoms with Crippen molar-refractivity contribution in [3.63, 3.8) is 0 Å². The smallest absolute Gasteiger partial charge is 0.214 e. The van der Waals surface area contributed by atoms with Gasteiger partial charge in [-0.15, -0.1) is 16.4 Å². The molecule has 5 aromatic rings. The van der Waals surface area contributed by atoms with Gasteiger partial charge in [-0.1, -0.05) is 11.3 Å². The van der Waals surface area contributed by atoms with E-state index in [1.54, 1.807) is 28.2 Å². The minimum atomic E-state index is 0.796. The van der Waals surface area contributed by atoms with Gasteiger partial charge in [-0.25, -0.2) is 14.5 Å². The molecule has 0 bridgehead atoms. The monoisotopic (exact) mass is 350 g/mol. The van der Waals surface area contributed by atoms with Crippen molar-refractivity contribution in [2.45, 2.75) is 0 Å². The van der Waals surface area contributed by atoms with E-state index in [0.29, 0.717) is 0 Å². The van der Waals surface area contributed by atoms with Crippen LogP contribution in [0.3, 0.4) is 0 Å². The molecule has 24 heavy (non-hydrogen) atoms. The quantitative estimate of drug-likeness (QED) is 0.528. The lowest BCUT2D eigenvalue weighted by atomic mass is 10.2. The van der Waals surface area contributed by atoms with Crippen LogP contribution in [0, 0.1) is 0 Å². The van der Waals surface area contributed by atoms with Crippen LogP contribution < -0.4 is 5.32 Å². The number of imidazole rings is 1. The molecule has 1 aromatic carbocycles. The maximum Gasteiger partial charge on any atom is 0.214 e. The number of nitrogens with one attached hydrogen (secondary N) is 1. The van der Waals surface area contributed by atoms with Crippen molar-refractivity contribution in [2.24, 2.45) is 0 Å². The maximum absolute atomic E-state index is 4.62. The summed E-state index contributed by atoms with van der Waals surface area (Å²) in [6, 6.07) is 10.0. The SMILES string of the molecule is c1cncc(-c2cn3nc(Nc4ccc5scnc5c4)sc3n2)c1.